The molecule has 1 aliphatic carbocycles. The lowest BCUT2D eigenvalue weighted by Crippen LogP contribution is -2.25. The second kappa shape index (κ2) is 6.89. The predicted octanol–water partition coefficient (Wildman–Crippen LogP) is 2.55. The second-order valence-electron chi connectivity index (χ2n) is 4.78. The Hall–Kier alpha value is -2.10. The van der Waals surface area contributed by atoms with Gasteiger partial charge in [-0.15, -0.1) is 0 Å². The van der Waals surface area contributed by atoms with Gasteiger partial charge in [0.25, 0.3) is 5.91 Å². The summed E-state index contributed by atoms with van der Waals surface area (Å²) in [4.78, 5) is 23.0. The average molecular weight is 273 g/mol. The highest BCUT2D eigenvalue weighted by atomic mass is 16.5. The number of hydrogen-bond acceptors (Lipinski definition) is 3. The first-order valence-corrected chi connectivity index (χ1v) is 6.92. The fourth-order valence-corrected chi connectivity index (χ4v) is 1.75. The lowest BCUT2D eigenvalue weighted by molar-refractivity contribution is -0.142. The molecule has 0 saturated heterocycles. The lowest BCUT2D eigenvalue weighted by Gasteiger charge is -2.03. The molecule has 1 aliphatic rings. The quantitative estimate of drug-likeness (QED) is 0.810. The van der Waals surface area contributed by atoms with Gasteiger partial charge in [0.15, 0.2) is 0 Å². The fourth-order valence-electron chi connectivity index (χ4n) is 1.75. The Morgan fingerprint density at radius 1 is 1.30 bits per heavy atom. The van der Waals surface area contributed by atoms with Crippen LogP contribution in [0.3, 0.4) is 0 Å². The summed E-state index contributed by atoms with van der Waals surface area (Å²) in [5.41, 5.74) is 1.62. The molecule has 0 radical (unpaired) electrons. The molecule has 1 fully saturated rings. The number of carbonyl (C=O) groups is 2. The first-order chi connectivity index (χ1) is 9.69. The van der Waals surface area contributed by atoms with E-state index in [1.165, 1.54) is 0 Å². The van der Waals surface area contributed by atoms with E-state index in [1.807, 2.05) is 18.2 Å². The minimum atomic E-state index is -0.232. The molecule has 0 bridgehead atoms. The third kappa shape index (κ3) is 4.53. The maximum atomic E-state index is 11.8. The minimum Gasteiger partial charge on any atom is -0.466 e. The van der Waals surface area contributed by atoms with Gasteiger partial charge in [-0.2, -0.15) is 0 Å². The molecule has 1 aromatic rings. The number of rotatable bonds is 6. The molecule has 1 saturated carbocycles. The summed E-state index contributed by atoms with van der Waals surface area (Å²) in [5, 5.41) is 2.94. The number of nitrogens with one attached hydrogen (secondary N) is 1. The van der Waals surface area contributed by atoms with Crippen LogP contribution in [-0.4, -0.2) is 24.5 Å². The normalized spacial score (nSPS) is 14.2. The number of amides is 1. The van der Waals surface area contributed by atoms with Crippen LogP contribution in [0.5, 0.6) is 0 Å². The third-order valence-electron chi connectivity index (χ3n) is 2.99. The molecule has 0 unspecified atom stereocenters. The molecule has 20 heavy (non-hydrogen) atoms. The number of carbonyl (C=O) groups excluding carboxylic acids is 2. The highest BCUT2D eigenvalue weighted by Crippen LogP contribution is 2.19. The van der Waals surface area contributed by atoms with Gasteiger partial charge in [0, 0.05) is 11.6 Å². The van der Waals surface area contributed by atoms with E-state index >= 15 is 0 Å². The van der Waals surface area contributed by atoms with Crippen molar-refractivity contribution in [3.63, 3.8) is 0 Å². The first kappa shape index (κ1) is 14.3. The van der Waals surface area contributed by atoms with E-state index in [1.54, 1.807) is 25.1 Å². The van der Waals surface area contributed by atoms with Crippen molar-refractivity contribution in [1.82, 2.24) is 5.32 Å². The standard InChI is InChI=1S/C16H19NO3/c1-2-20-15(18)5-3-4-12-6-8-13(9-7-12)16(19)17-14-10-11-14/h3-4,6-9,14H,2,5,10-11H2,1H3,(H,17,19). The van der Waals surface area contributed by atoms with Crippen LogP contribution in [0.2, 0.25) is 0 Å². The molecule has 4 nitrogen and oxygen atoms in total. The number of benzene rings is 1. The van der Waals surface area contributed by atoms with Gasteiger partial charge in [-0.1, -0.05) is 24.3 Å². The highest BCUT2D eigenvalue weighted by molar-refractivity contribution is 5.94. The molecule has 0 aromatic heterocycles. The zero-order chi connectivity index (χ0) is 14.4. The van der Waals surface area contributed by atoms with E-state index in [0.717, 1.165) is 18.4 Å². The maximum Gasteiger partial charge on any atom is 0.309 e. The molecule has 1 amide bonds. The molecule has 0 heterocycles. The first-order valence-electron chi connectivity index (χ1n) is 6.92. The molecule has 1 N–H and O–H groups in total. The molecule has 106 valence electrons. The number of esters is 1. The Balaban J connectivity index is 1.85. The molecule has 0 aliphatic heterocycles. The fraction of sp³-hybridized carbons (Fsp3) is 0.375. The number of hydrogen-bond donors (Lipinski definition) is 1. The molecule has 2 rings (SSSR count). The van der Waals surface area contributed by atoms with Crippen LogP contribution < -0.4 is 5.32 Å². The Kier molecular flexibility index (Phi) is 4.93. The van der Waals surface area contributed by atoms with Crippen LogP contribution in [0.25, 0.3) is 6.08 Å². The summed E-state index contributed by atoms with van der Waals surface area (Å²) >= 11 is 0. The minimum absolute atomic E-state index is 0.0189. The molecular formula is C16H19NO3. The molecule has 4 heteroatoms. The van der Waals surface area contributed by atoms with Crippen LogP contribution in [0.4, 0.5) is 0 Å². The zero-order valence-electron chi connectivity index (χ0n) is 11.6. The van der Waals surface area contributed by atoms with Gasteiger partial charge < -0.3 is 10.1 Å². The summed E-state index contributed by atoms with van der Waals surface area (Å²) in [6.45, 7) is 2.19. The summed E-state index contributed by atoms with van der Waals surface area (Å²) < 4.78 is 4.83. The summed E-state index contributed by atoms with van der Waals surface area (Å²) in [5.74, 6) is -0.251. The summed E-state index contributed by atoms with van der Waals surface area (Å²) in [7, 11) is 0. The van der Waals surface area contributed by atoms with Crippen LogP contribution in [0.1, 0.15) is 42.1 Å². The second-order valence-corrected chi connectivity index (χ2v) is 4.78. The Bertz CT molecular complexity index is 501. The maximum absolute atomic E-state index is 11.8. The van der Waals surface area contributed by atoms with Crippen molar-refractivity contribution in [2.45, 2.75) is 32.2 Å². The van der Waals surface area contributed by atoms with Crippen molar-refractivity contribution in [2.75, 3.05) is 6.61 Å². The summed E-state index contributed by atoms with van der Waals surface area (Å²) in [6.07, 6.45) is 6.04. The van der Waals surface area contributed by atoms with Crippen LogP contribution in [0.15, 0.2) is 30.3 Å². The van der Waals surface area contributed by atoms with Crippen molar-refractivity contribution >= 4 is 18.0 Å². The van der Waals surface area contributed by atoms with Gasteiger partial charge in [0.1, 0.15) is 0 Å². The van der Waals surface area contributed by atoms with Crippen LogP contribution in [-0.2, 0) is 9.53 Å². The summed E-state index contributed by atoms with van der Waals surface area (Å²) in [6, 6.07) is 7.68. The SMILES string of the molecule is CCOC(=O)CC=Cc1ccc(C(=O)NC2CC2)cc1. The van der Waals surface area contributed by atoms with Gasteiger partial charge >= 0.3 is 5.97 Å². The Labute approximate surface area is 118 Å². The Morgan fingerprint density at radius 3 is 2.60 bits per heavy atom. The molecular weight excluding hydrogens is 254 g/mol. The molecule has 1 aromatic carbocycles. The topological polar surface area (TPSA) is 55.4 Å². The smallest absolute Gasteiger partial charge is 0.309 e. The van der Waals surface area contributed by atoms with Gasteiger partial charge in [-0.05, 0) is 37.5 Å². The van der Waals surface area contributed by atoms with Crippen molar-refractivity contribution in [3.8, 4) is 0 Å². The monoisotopic (exact) mass is 273 g/mol. The van der Waals surface area contributed by atoms with Gasteiger partial charge in [-0.3, -0.25) is 9.59 Å². The average Bonchev–Trinajstić information content (AvgIpc) is 3.24. The van der Waals surface area contributed by atoms with E-state index in [0.29, 0.717) is 18.2 Å². The van der Waals surface area contributed by atoms with Crippen LogP contribution in [0, 0.1) is 0 Å². The van der Waals surface area contributed by atoms with E-state index in [4.69, 9.17) is 4.74 Å². The van der Waals surface area contributed by atoms with E-state index in [2.05, 4.69) is 5.32 Å². The van der Waals surface area contributed by atoms with Gasteiger partial charge in [-0.25, -0.2) is 0 Å². The van der Waals surface area contributed by atoms with Crippen LogP contribution >= 0.6 is 0 Å². The Morgan fingerprint density at radius 2 is 2.00 bits per heavy atom. The number of ether oxygens (including phenoxy) is 1. The third-order valence-corrected chi connectivity index (χ3v) is 2.99. The highest BCUT2D eigenvalue weighted by Gasteiger charge is 2.23. The van der Waals surface area contributed by atoms with Gasteiger partial charge in [0.2, 0.25) is 0 Å². The lowest BCUT2D eigenvalue weighted by atomic mass is 10.1. The van der Waals surface area contributed by atoms with Crippen molar-refractivity contribution in [1.29, 1.82) is 0 Å². The van der Waals surface area contributed by atoms with E-state index < -0.39 is 0 Å². The predicted molar refractivity (Wildman–Crippen MR) is 77.2 cm³/mol. The van der Waals surface area contributed by atoms with Crippen molar-refractivity contribution in [2.24, 2.45) is 0 Å². The molecule has 0 spiro atoms. The zero-order valence-corrected chi connectivity index (χ0v) is 11.6. The van der Waals surface area contributed by atoms with E-state index in [-0.39, 0.29) is 18.3 Å². The van der Waals surface area contributed by atoms with E-state index in [9.17, 15) is 9.59 Å². The molecule has 0 atom stereocenters. The van der Waals surface area contributed by atoms with Gasteiger partial charge in [0.05, 0.1) is 13.0 Å². The van der Waals surface area contributed by atoms with Crippen molar-refractivity contribution < 1.29 is 14.3 Å². The van der Waals surface area contributed by atoms with Crippen molar-refractivity contribution in [3.05, 3.63) is 41.5 Å². The largest absolute Gasteiger partial charge is 0.466 e.